The highest BCUT2D eigenvalue weighted by Crippen LogP contribution is 2.22. The van der Waals surface area contributed by atoms with E-state index in [0.29, 0.717) is 12.1 Å². The van der Waals surface area contributed by atoms with Gasteiger partial charge in [-0.2, -0.15) is 5.10 Å². The van der Waals surface area contributed by atoms with Crippen LogP contribution in [0.25, 0.3) is 11.3 Å². The van der Waals surface area contributed by atoms with Gasteiger partial charge < -0.3 is 4.90 Å². The Bertz CT molecular complexity index is 844. The van der Waals surface area contributed by atoms with Crippen molar-refractivity contribution in [2.24, 2.45) is 0 Å². The maximum Gasteiger partial charge on any atom is 0.255 e. The van der Waals surface area contributed by atoms with Crippen LogP contribution in [0.15, 0.2) is 55.1 Å². The van der Waals surface area contributed by atoms with Crippen LogP contribution in [-0.4, -0.2) is 37.1 Å². The molecule has 6 nitrogen and oxygen atoms in total. The minimum atomic E-state index is 0.0169. The van der Waals surface area contributed by atoms with E-state index in [1.165, 1.54) is 0 Å². The molecule has 4 rings (SSSR count). The van der Waals surface area contributed by atoms with E-state index in [-0.39, 0.29) is 5.91 Å². The molecule has 0 unspecified atom stereocenters. The quantitative estimate of drug-likeness (QED) is 0.727. The molecule has 0 aromatic carbocycles. The summed E-state index contributed by atoms with van der Waals surface area (Å²) in [5.74, 6) is 0.0169. The lowest BCUT2D eigenvalue weighted by Gasteiger charge is -2.19. The number of nitrogens with zero attached hydrogens (tertiary/aromatic N) is 5. The molecule has 3 aromatic rings. The lowest BCUT2D eigenvalue weighted by molar-refractivity contribution is 0.0745. The molecule has 6 heteroatoms. The van der Waals surface area contributed by atoms with E-state index in [0.717, 1.165) is 36.5 Å². The zero-order chi connectivity index (χ0) is 16.4. The van der Waals surface area contributed by atoms with Gasteiger partial charge in [-0.1, -0.05) is 0 Å². The molecule has 0 fully saturated rings. The highest BCUT2D eigenvalue weighted by Gasteiger charge is 2.22. The predicted molar refractivity (Wildman–Crippen MR) is 89.1 cm³/mol. The number of hydrogen-bond donors (Lipinski definition) is 0. The van der Waals surface area contributed by atoms with Crippen molar-refractivity contribution >= 4 is 5.91 Å². The van der Waals surface area contributed by atoms with Gasteiger partial charge in [0, 0.05) is 43.4 Å². The van der Waals surface area contributed by atoms with Gasteiger partial charge in [-0.05, 0) is 36.8 Å². The molecule has 0 atom stereocenters. The Morgan fingerprint density at radius 2 is 1.92 bits per heavy atom. The SMILES string of the molecule is O=C(c1cccnc1)N1CCCn2nc(-c3ccncc3)cc2C1. The number of carbonyl (C=O) groups is 1. The minimum absolute atomic E-state index is 0.0169. The molecular formula is C18H17N5O. The smallest absolute Gasteiger partial charge is 0.255 e. The van der Waals surface area contributed by atoms with Gasteiger partial charge in [0.25, 0.3) is 5.91 Å². The van der Waals surface area contributed by atoms with E-state index in [9.17, 15) is 4.79 Å². The van der Waals surface area contributed by atoms with Crippen molar-refractivity contribution < 1.29 is 4.79 Å². The zero-order valence-corrected chi connectivity index (χ0v) is 13.2. The molecule has 24 heavy (non-hydrogen) atoms. The van der Waals surface area contributed by atoms with Crippen molar-refractivity contribution in [3.05, 3.63) is 66.4 Å². The van der Waals surface area contributed by atoms with E-state index < -0.39 is 0 Å². The van der Waals surface area contributed by atoms with Crippen molar-refractivity contribution in [2.45, 2.75) is 19.5 Å². The van der Waals surface area contributed by atoms with Crippen LogP contribution >= 0.6 is 0 Å². The topological polar surface area (TPSA) is 63.9 Å². The fourth-order valence-corrected chi connectivity index (χ4v) is 2.97. The number of aromatic nitrogens is 4. The molecule has 0 N–H and O–H groups in total. The van der Waals surface area contributed by atoms with Crippen LogP contribution in [-0.2, 0) is 13.1 Å². The second-order valence-corrected chi connectivity index (χ2v) is 5.80. The summed E-state index contributed by atoms with van der Waals surface area (Å²) in [4.78, 5) is 22.6. The van der Waals surface area contributed by atoms with Crippen molar-refractivity contribution in [3.8, 4) is 11.3 Å². The largest absolute Gasteiger partial charge is 0.333 e. The van der Waals surface area contributed by atoms with Crippen molar-refractivity contribution in [3.63, 3.8) is 0 Å². The number of amides is 1. The summed E-state index contributed by atoms with van der Waals surface area (Å²) in [6.07, 6.45) is 7.70. The second-order valence-electron chi connectivity index (χ2n) is 5.80. The Kier molecular flexibility index (Phi) is 3.78. The monoisotopic (exact) mass is 319 g/mol. The van der Waals surface area contributed by atoms with Crippen LogP contribution in [0.1, 0.15) is 22.5 Å². The molecule has 0 saturated carbocycles. The summed E-state index contributed by atoms with van der Waals surface area (Å²) in [5, 5.41) is 4.69. The van der Waals surface area contributed by atoms with E-state index in [1.807, 2.05) is 21.7 Å². The Morgan fingerprint density at radius 3 is 2.71 bits per heavy atom. The summed E-state index contributed by atoms with van der Waals surface area (Å²) in [6.45, 7) is 2.10. The Balaban J connectivity index is 1.61. The lowest BCUT2D eigenvalue weighted by Crippen LogP contribution is -2.30. The van der Waals surface area contributed by atoms with Crippen LogP contribution in [0.3, 0.4) is 0 Å². The maximum absolute atomic E-state index is 12.7. The minimum Gasteiger partial charge on any atom is -0.333 e. The molecule has 0 saturated heterocycles. The summed E-state index contributed by atoms with van der Waals surface area (Å²) in [7, 11) is 0. The van der Waals surface area contributed by atoms with Gasteiger partial charge >= 0.3 is 0 Å². The van der Waals surface area contributed by atoms with Crippen LogP contribution in [0.4, 0.5) is 0 Å². The third-order valence-electron chi connectivity index (χ3n) is 4.19. The van der Waals surface area contributed by atoms with Crippen molar-refractivity contribution in [2.75, 3.05) is 6.54 Å². The summed E-state index contributed by atoms with van der Waals surface area (Å²) in [6, 6.07) is 9.54. The standard InChI is InChI=1S/C18H17N5O/c24-18(15-3-1-6-20-12-15)22-9-2-10-23-16(13-22)11-17(21-23)14-4-7-19-8-5-14/h1,3-8,11-12H,2,9-10,13H2. The molecular weight excluding hydrogens is 302 g/mol. The van der Waals surface area contributed by atoms with E-state index in [4.69, 9.17) is 0 Å². The second kappa shape index (κ2) is 6.23. The highest BCUT2D eigenvalue weighted by molar-refractivity contribution is 5.93. The van der Waals surface area contributed by atoms with Crippen molar-refractivity contribution in [1.82, 2.24) is 24.6 Å². The van der Waals surface area contributed by atoms with Gasteiger partial charge in [0.15, 0.2) is 0 Å². The average Bonchev–Trinajstić information content (AvgIpc) is 2.94. The molecule has 1 amide bonds. The first-order valence-corrected chi connectivity index (χ1v) is 7.98. The van der Waals surface area contributed by atoms with E-state index in [2.05, 4.69) is 21.1 Å². The number of carbonyl (C=O) groups excluding carboxylic acids is 1. The first kappa shape index (κ1) is 14.6. The predicted octanol–water partition coefficient (Wildman–Crippen LogP) is 2.39. The van der Waals surface area contributed by atoms with Crippen LogP contribution < -0.4 is 0 Å². The number of pyridine rings is 2. The molecule has 0 aliphatic carbocycles. The molecule has 1 aliphatic heterocycles. The van der Waals surface area contributed by atoms with Crippen LogP contribution in [0.5, 0.6) is 0 Å². The van der Waals surface area contributed by atoms with Crippen LogP contribution in [0.2, 0.25) is 0 Å². The molecule has 120 valence electrons. The number of aryl methyl sites for hydroxylation is 1. The fraction of sp³-hybridized carbons (Fsp3) is 0.222. The first-order chi connectivity index (χ1) is 11.8. The Hall–Kier alpha value is -3.02. The molecule has 0 bridgehead atoms. The molecule has 0 spiro atoms. The maximum atomic E-state index is 12.7. The lowest BCUT2D eigenvalue weighted by atomic mass is 10.2. The first-order valence-electron chi connectivity index (χ1n) is 7.98. The summed E-state index contributed by atoms with van der Waals surface area (Å²) >= 11 is 0. The van der Waals surface area contributed by atoms with Gasteiger partial charge in [0.1, 0.15) is 0 Å². The fourth-order valence-electron chi connectivity index (χ4n) is 2.97. The van der Waals surface area contributed by atoms with Gasteiger partial charge in [-0.15, -0.1) is 0 Å². The average molecular weight is 319 g/mol. The molecule has 0 radical (unpaired) electrons. The number of rotatable bonds is 2. The number of hydrogen-bond acceptors (Lipinski definition) is 4. The summed E-state index contributed by atoms with van der Waals surface area (Å²) < 4.78 is 2.01. The Labute approximate surface area is 139 Å². The number of fused-ring (bicyclic) bond motifs is 1. The van der Waals surface area contributed by atoms with Gasteiger partial charge in [-0.25, -0.2) is 0 Å². The van der Waals surface area contributed by atoms with E-state index in [1.54, 1.807) is 36.9 Å². The normalized spacial score (nSPS) is 14.1. The van der Waals surface area contributed by atoms with Gasteiger partial charge in [0.05, 0.1) is 23.5 Å². The molecule has 1 aliphatic rings. The van der Waals surface area contributed by atoms with Gasteiger partial charge in [0.2, 0.25) is 0 Å². The summed E-state index contributed by atoms with van der Waals surface area (Å²) in [5.41, 5.74) is 3.63. The van der Waals surface area contributed by atoms with E-state index >= 15 is 0 Å². The highest BCUT2D eigenvalue weighted by atomic mass is 16.2. The van der Waals surface area contributed by atoms with Crippen molar-refractivity contribution in [1.29, 1.82) is 0 Å². The molecule has 3 aromatic heterocycles. The molecule has 4 heterocycles. The third kappa shape index (κ3) is 2.78. The van der Waals surface area contributed by atoms with Crippen LogP contribution in [0, 0.1) is 0 Å². The zero-order valence-electron chi connectivity index (χ0n) is 13.2. The van der Waals surface area contributed by atoms with Gasteiger partial charge in [-0.3, -0.25) is 19.4 Å². The third-order valence-corrected chi connectivity index (χ3v) is 4.19. The Morgan fingerprint density at radius 1 is 1.04 bits per heavy atom.